The summed E-state index contributed by atoms with van der Waals surface area (Å²) in [4.78, 5) is 0. The first-order chi connectivity index (χ1) is 8.58. The molecule has 100 valence electrons. The summed E-state index contributed by atoms with van der Waals surface area (Å²) in [7, 11) is 0. The van der Waals surface area contributed by atoms with Crippen LogP contribution in [0.25, 0.3) is 0 Å². The Hall–Kier alpha value is -1.09. The first-order valence-corrected chi connectivity index (χ1v) is 6.71. The van der Waals surface area contributed by atoms with Crippen molar-refractivity contribution in [1.82, 2.24) is 0 Å². The molecule has 2 unspecified atom stereocenters. The van der Waals surface area contributed by atoms with Gasteiger partial charge in [0.25, 0.3) is 0 Å². The van der Waals surface area contributed by atoms with Crippen LogP contribution in [0.3, 0.4) is 0 Å². The standard InChI is InChI=1S/C15H22FNO/c1-10(2)14-9-12(7-8-18-14)17-15-11(3)5-4-6-13(15)16/h4-6,10,12,14,17H,7-9H2,1-3H3. The highest BCUT2D eigenvalue weighted by Gasteiger charge is 2.25. The summed E-state index contributed by atoms with van der Waals surface area (Å²) >= 11 is 0. The molecular weight excluding hydrogens is 229 g/mol. The van der Waals surface area contributed by atoms with Crippen LogP contribution in [0.2, 0.25) is 0 Å². The number of benzene rings is 1. The summed E-state index contributed by atoms with van der Waals surface area (Å²) in [5, 5.41) is 3.35. The number of hydrogen-bond acceptors (Lipinski definition) is 2. The Kier molecular flexibility index (Phi) is 4.23. The number of rotatable bonds is 3. The minimum absolute atomic E-state index is 0.164. The zero-order chi connectivity index (χ0) is 13.1. The van der Waals surface area contributed by atoms with Crippen LogP contribution in [0, 0.1) is 18.7 Å². The van der Waals surface area contributed by atoms with Crippen LogP contribution in [0.4, 0.5) is 10.1 Å². The molecule has 1 saturated heterocycles. The van der Waals surface area contributed by atoms with Crippen LogP contribution in [0.5, 0.6) is 0 Å². The van der Waals surface area contributed by atoms with Crippen molar-refractivity contribution in [2.45, 2.75) is 45.8 Å². The smallest absolute Gasteiger partial charge is 0.146 e. The van der Waals surface area contributed by atoms with Gasteiger partial charge >= 0.3 is 0 Å². The Labute approximate surface area is 109 Å². The van der Waals surface area contributed by atoms with E-state index in [0.29, 0.717) is 17.6 Å². The fourth-order valence-electron chi connectivity index (χ4n) is 2.44. The van der Waals surface area contributed by atoms with Crippen molar-refractivity contribution in [3.05, 3.63) is 29.6 Å². The van der Waals surface area contributed by atoms with Crippen molar-refractivity contribution in [2.75, 3.05) is 11.9 Å². The molecule has 0 bridgehead atoms. The molecule has 0 amide bonds. The van der Waals surface area contributed by atoms with Crippen LogP contribution < -0.4 is 5.32 Å². The largest absolute Gasteiger partial charge is 0.380 e. The maximum absolute atomic E-state index is 13.8. The highest BCUT2D eigenvalue weighted by Crippen LogP contribution is 2.26. The normalized spacial score (nSPS) is 24.3. The van der Waals surface area contributed by atoms with Gasteiger partial charge in [0.2, 0.25) is 0 Å². The van der Waals surface area contributed by atoms with Crippen LogP contribution in [-0.4, -0.2) is 18.8 Å². The Morgan fingerprint density at radius 1 is 1.39 bits per heavy atom. The predicted octanol–water partition coefficient (Wildman–Crippen LogP) is 3.75. The molecule has 0 aromatic heterocycles. The van der Waals surface area contributed by atoms with Crippen molar-refractivity contribution in [3.63, 3.8) is 0 Å². The molecule has 2 rings (SSSR count). The van der Waals surface area contributed by atoms with Crippen LogP contribution >= 0.6 is 0 Å². The summed E-state index contributed by atoms with van der Waals surface area (Å²) in [5.74, 6) is 0.346. The van der Waals surface area contributed by atoms with Gasteiger partial charge in [0, 0.05) is 12.6 Å². The molecule has 1 aromatic rings. The number of hydrogen-bond donors (Lipinski definition) is 1. The monoisotopic (exact) mass is 251 g/mol. The summed E-state index contributed by atoms with van der Waals surface area (Å²) in [6, 6.07) is 5.50. The first-order valence-electron chi connectivity index (χ1n) is 6.71. The molecule has 1 heterocycles. The van der Waals surface area contributed by atoms with E-state index in [-0.39, 0.29) is 11.9 Å². The van der Waals surface area contributed by atoms with Crippen molar-refractivity contribution in [2.24, 2.45) is 5.92 Å². The van der Waals surface area contributed by atoms with Gasteiger partial charge in [-0.15, -0.1) is 0 Å². The number of halogens is 1. The average molecular weight is 251 g/mol. The van der Waals surface area contributed by atoms with Crippen molar-refractivity contribution < 1.29 is 9.13 Å². The Balaban J connectivity index is 2.05. The number of aryl methyl sites for hydroxylation is 1. The molecule has 0 aliphatic carbocycles. The lowest BCUT2D eigenvalue weighted by atomic mass is 9.95. The van der Waals surface area contributed by atoms with E-state index >= 15 is 0 Å². The second-order valence-electron chi connectivity index (χ2n) is 5.45. The van der Waals surface area contributed by atoms with Gasteiger partial charge in [-0.2, -0.15) is 0 Å². The number of anilines is 1. The molecule has 18 heavy (non-hydrogen) atoms. The summed E-state index contributed by atoms with van der Waals surface area (Å²) < 4.78 is 19.5. The second kappa shape index (κ2) is 5.70. The van der Waals surface area contributed by atoms with Crippen LogP contribution in [-0.2, 0) is 4.74 Å². The minimum Gasteiger partial charge on any atom is -0.380 e. The quantitative estimate of drug-likeness (QED) is 0.883. The lowest BCUT2D eigenvalue weighted by Crippen LogP contribution is -2.37. The zero-order valence-electron chi connectivity index (χ0n) is 11.4. The number of ether oxygens (including phenoxy) is 1. The van der Waals surface area contributed by atoms with E-state index in [4.69, 9.17) is 4.74 Å². The number of nitrogens with one attached hydrogen (secondary N) is 1. The van der Waals surface area contributed by atoms with Gasteiger partial charge in [-0.25, -0.2) is 4.39 Å². The van der Waals surface area contributed by atoms with Gasteiger partial charge in [0.1, 0.15) is 5.82 Å². The fourth-order valence-corrected chi connectivity index (χ4v) is 2.44. The highest BCUT2D eigenvalue weighted by atomic mass is 19.1. The van der Waals surface area contributed by atoms with Crippen molar-refractivity contribution in [3.8, 4) is 0 Å². The molecule has 0 spiro atoms. The zero-order valence-corrected chi connectivity index (χ0v) is 11.4. The highest BCUT2D eigenvalue weighted by molar-refractivity contribution is 5.52. The third-order valence-electron chi connectivity index (χ3n) is 3.63. The first kappa shape index (κ1) is 13.3. The molecule has 3 heteroatoms. The summed E-state index contributed by atoms with van der Waals surface area (Å²) in [6.07, 6.45) is 2.17. The van der Waals surface area contributed by atoms with E-state index in [1.165, 1.54) is 6.07 Å². The van der Waals surface area contributed by atoms with Crippen molar-refractivity contribution in [1.29, 1.82) is 0 Å². The van der Waals surface area contributed by atoms with Crippen molar-refractivity contribution >= 4 is 5.69 Å². The number of para-hydroxylation sites is 1. The predicted molar refractivity (Wildman–Crippen MR) is 72.4 cm³/mol. The van der Waals surface area contributed by atoms with Gasteiger partial charge < -0.3 is 10.1 Å². The Morgan fingerprint density at radius 3 is 2.83 bits per heavy atom. The van der Waals surface area contributed by atoms with Gasteiger partial charge in [-0.05, 0) is 37.3 Å². The lowest BCUT2D eigenvalue weighted by Gasteiger charge is -2.33. The maximum Gasteiger partial charge on any atom is 0.146 e. The third kappa shape index (κ3) is 3.02. The maximum atomic E-state index is 13.8. The molecule has 1 N–H and O–H groups in total. The third-order valence-corrected chi connectivity index (χ3v) is 3.63. The second-order valence-corrected chi connectivity index (χ2v) is 5.45. The van der Waals surface area contributed by atoms with E-state index in [2.05, 4.69) is 19.2 Å². The molecule has 0 radical (unpaired) electrons. The van der Waals surface area contributed by atoms with Gasteiger partial charge in [0.05, 0.1) is 11.8 Å². The fraction of sp³-hybridized carbons (Fsp3) is 0.600. The average Bonchev–Trinajstić information content (AvgIpc) is 2.34. The molecule has 2 nitrogen and oxygen atoms in total. The summed E-state index contributed by atoms with van der Waals surface area (Å²) in [5.41, 5.74) is 1.61. The molecule has 1 fully saturated rings. The molecule has 1 aromatic carbocycles. The molecule has 1 aliphatic heterocycles. The molecular formula is C15H22FNO. The van der Waals surface area contributed by atoms with Gasteiger partial charge in [-0.1, -0.05) is 26.0 Å². The SMILES string of the molecule is Cc1cccc(F)c1NC1CCOC(C(C)C)C1. The lowest BCUT2D eigenvalue weighted by molar-refractivity contribution is -0.0161. The van der Waals surface area contributed by atoms with E-state index in [1.54, 1.807) is 6.07 Å². The summed E-state index contributed by atoms with van der Waals surface area (Å²) in [6.45, 7) is 7.03. The van der Waals surface area contributed by atoms with Crippen LogP contribution in [0.1, 0.15) is 32.3 Å². The van der Waals surface area contributed by atoms with E-state index < -0.39 is 0 Å². The van der Waals surface area contributed by atoms with E-state index in [1.807, 2.05) is 13.0 Å². The Morgan fingerprint density at radius 2 is 2.17 bits per heavy atom. The Bertz CT molecular complexity index is 385. The van der Waals surface area contributed by atoms with Crippen LogP contribution in [0.15, 0.2) is 18.2 Å². The topological polar surface area (TPSA) is 21.3 Å². The minimum atomic E-state index is -0.164. The van der Waals surface area contributed by atoms with E-state index in [0.717, 1.165) is 25.0 Å². The molecule has 2 atom stereocenters. The van der Waals surface area contributed by atoms with Gasteiger partial charge in [-0.3, -0.25) is 0 Å². The molecule has 1 aliphatic rings. The van der Waals surface area contributed by atoms with E-state index in [9.17, 15) is 4.39 Å². The van der Waals surface area contributed by atoms with Gasteiger partial charge in [0.15, 0.2) is 0 Å². The molecule has 0 saturated carbocycles.